The SMILES string of the molecule is CCOC(C[S+](CC)CC)OCC. The Bertz CT molecular complexity index is 99.1. The molecule has 0 aliphatic carbocycles. The van der Waals surface area contributed by atoms with Crippen LogP contribution in [0.4, 0.5) is 0 Å². The summed E-state index contributed by atoms with van der Waals surface area (Å²) in [5.74, 6) is 3.55. The fourth-order valence-corrected chi connectivity index (χ4v) is 2.61. The lowest BCUT2D eigenvalue weighted by atomic mass is 10.7. The zero-order chi connectivity index (χ0) is 10.1. The van der Waals surface area contributed by atoms with Crippen molar-refractivity contribution in [3.8, 4) is 0 Å². The third-order valence-corrected chi connectivity index (χ3v) is 4.27. The van der Waals surface area contributed by atoms with Crippen LogP contribution in [0, 0.1) is 0 Å². The molecule has 0 rings (SSSR count). The van der Waals surface area contributed by atoms with Crippen LogP contribution in [0.25, 0.3) is 0 Å². The van der Waals surface area contributed by atoms with Gasteiger partial charge < -0.3 is 9.47 Å². The lowest BCUT2D eigenvalue weighted by Gasteiger charge is -2.16. The molecule has 13 heavy (non-hydrogen) atoms. The van der Waals surface area contributed by atoms with E-state index in [4.69, 9.17) is 9.47 Å². The molecule has 80 valence electrons. The van der Waals surface area contributed by atoms with Gasteiger partial charge in [-0.15, -0.1) is 0 Å². The summed E-state index contributed by atoms with van der Waals surface area (Å²) >= 11 is 0. The van der Waals surface area contributed by atoms with Gasteiger partial charge in [-0.05, 0) is 38.6 Å². The highest BCUT2D eigenvalue weighted by Gasteiger charge is 2.20. The quantitative estimate of drug-likeness (QED) is 0.448. The van der Waals surface area contributed by atoms with Gasteiger partial charge in [0.15, 0.2) is 5.75 Å². The maximum Gasteiger partial charge on any atom is 0.202 e. The summed E-state index contributed by atoms with van der Waals surface area (Å²) in [5.41, 5.74) is 0. The van der Waals surface area contributed by atoms with Crippen molar-refractivity contribution in [2.45, 2.75) is 34.0 Å². The van der Waals surface area contributed by atoms with Gasteiger partial charge >= 0.3 is 0 Å². The molecule has 0 aromatic carbocycles. The summed E-state index contributed by atoms with van der Waals surface area (Å²) in [7, 11) is 0.479. The summed E-state index contributed by atoms with van der Waals surface area (Å²) in [4.78, 5) is 0. The van der Waals surface area contributed by atoms with Crippen molar-refractivity contribution >= 4 is 10.9 Å². The molecule has 0 radical (unpaired) electrons. The van der Waals surface area contributed by atoms with Crippen molar-refractivity contribution < 1.29 is 9.47 Å². The van der Waals surface area contributed by atoms with Gasteiger partial charge in [-0.3, -0.25) is 0 Å². The predicted octanol–water partition coefficient (Wildman–Crippen LogP) is 2.04. The van der Waals surface area contributed by atoms with E-state index in [1.807, 2.05) is 13.8 Å². The molecule has 0 aliphatic heterocycles. The highest BCUT2D eigenvalue weighted by Crippen LogP contribution is 2.04. The van der Waals surface area contributed by atoms with E-state index in [2.05, 4.69) is 13.8 Å². The normalized spacial score (nSPS) is 11.5. The molecular formula is C10H23O2S+. The third kappa shape index (κ3) is 6.36. The Labute approximate surface area is 85.3 Å². The molecule has 3 heteroatoms. The number of hydrogen-bond acceptors (Lipinski definition) is 2. The molecule has 0 saturated heterocycles. The fraction of sp³-hybridized carbons (Fsp3) is 1.00. The minimum absolute atomic E-state index is 0.0261. The van der Waals surface area contributed by atoms with E-state index in [0.717, 1.165) is 19.0 Å². The van der Waals surface area contributed by atoms with Crippen LogP contribution >= 0.6 is 0 Å². The standard InChI is InChI=1S/C10H23O2S/c1-5-11-10(12-6-2)9-13(7-3)8-4/h10H,5-9H2,1-4H3/q+1. The molecule has 0 N–H and O–H groups in total. The lowest BCUT2D eigenvalue weighted by molar-refractivity contribution is -0.120. The van der Waals surface area contributed by atoms with E-state index in [0.29, 0.717) is 10.9 Å². The fourth-order valence-electron chi connectivity index (χ4n) is 1.15. The van der Waals surface area contributed by atoms with Crippen molar-refractivity contribution in [3.05, 3.63) is 0 Å². The zero-order valence-corrected chi connectivity index (χ0v) is 10.2. The van der Waals surface area contributed by atoms with Crippen molar-refractivity contribution in [1.29, 1.82) is 0 Å². The second-order valence-electron chi connectivity index (χ2n) is 2.70. The summed E-state index contributed by atoms with van der Waals surface area (Å²) in [5, 5.41) is 0. The Morgan fingerprint density at radius 1 is 0.923 bits per heavy atom. The van der Waals surface area contributed by atoms with Crippen LogP contribution in [0.5, 0.6) is 0 Å². The maximum absolute atomic E-state index is 5.50. The van der Waals surface area contributed by atoms with Gasteiger partial charge in [-0.2, -0.15) is 0 Å². The van der Waals surface area contributed by atoms with E-state index >= 15 is 0 Å². The van der Waals surface area contributed by atoms with Crippen molar-refractivity contribution in [2.24, 2.45) is 0 Å². The minimum atomic E-state index is 0.0261. The first-order valence-corrected chi connectivity index (χ1v) is 6.88. The van der Waals surface area contributed by atoms with Gasteiger partial charge in [0.1, 0.15) is 11.5 Å². The second kappa shape index (κ2) is 8.85. The Balaban J connectivity index is 3.76. The molecule has 0 fully saturated rings. The van der Waals surface area contributed by atoms with Gasteiger partial charge in [-0.25, -0.2) is 0 Å². The lowest BCUT2D eigenvalue weighted by Crippen LogP contribution is -2.29. The third-order valence-electron chi connectivity index (χ3n) is 1.89. The largest absolute Gasteiger partial charge is 0.349 e. The maximum atomic E-state index is 5.50. The Morgan fingerprint density at radius 3 is 1.69 bits per heavy atom. The van der Waals surface area contributed by atoms with Crippen LogP contribution in [0.15, 0.2) is 0 Å². The average Bonchev–Trinajstić information content (AvgIpc) is 2.14. The molecule has 2 nitrogen and oxygen atoms in total. The first-order valence-electron chi connectivity index (χ1n) is 5.15. The Hall–Kier alpha value is 0.270. The highest BCUT2D eigenvalue weighted by molar-refractivity contribution is 7.96. The minimum Gasteiger partial charge on any atom is -0.349 e. The smallest absolute Gasteiger partial charge is 0.202 e. The van der Waals surface area contributed by atoms with Crippen LogP contribution in [0.1, 0.15) is 27.7 Å². The van der Waals surface area contributed by atoms with Crippen LogP contribution in [-0.2, 0) is 20.4 Å². The van der Waals surface area contributed by atoms with Crippen molar-refractivity contribution in [3.63, 3.8) is 0 Å². The van der Waals surface area contributed by atoms with Gasteiger partial charge in [0, 0.05) is 13.2 Å². The van der Waals surface area contributed by atoms with E-state index in [9.17, 15) is 0 Å². The van der Waals surface area contributed by atoms with Gasteiger partial charge in [0.2, 0.25) is 6.29 Å². The first-order chi connectivity index (χ1) is 6.28. The molecule has 0 amide bonds. The molecule has 0 aliphatic rings. The van der Waals surface area contributed by atoms with E-state index in [1.165, 1.54) is 11.5 Å². The Kier molecular flexibility index (Phi) is 9.03. The monoisotopic (exact) mass is 207 g/mol. The second-order valence-corrected chi connectivity index (χ2v) is 5.41. The van der Waals surface area contributed by atoms with E-state index in [1.54, 1.807) is 0 Å². The molecule has 0 bridgehead atoms. The van der Waals surface area contributed by atoms with Crippen molar-refractivity contribution in [2.75, 3.05) is 30.5 Å². The molecule has 0 aromatic heterocycles. The van der Waals surface area contributed by atoms with Crippen molar-refractivity contribution in [1.82, 2.24) is 0 Å². The van der Waals surface area contributed by atoms with E-state index in [-0.39, 0.29) is 6.29 Å². The van der Waals surface area contributed by atoms with E-state index < -0.39 is 0 Å². The molecule has 0 saturated carbocycles. The van der Waals surface area contributed by atoms with Crippen LogP contribution in [0.3, 0.4) is 0 Å². The molecule has 0 heterocycles. The van der Waals surface area contributed by atoms with Crippen LogP contribution in [0.2, 0.25) is 0 Å². The number of hydrogen-bond donors (Lipinski definition) is 0. The van der Waals surface area contributed by atoms with Gasteiger partial charge in [0.25, 0.3) is 0 Å². The van der Waals surface area contributed by atoms with Crippen LogP contribution in [-0.4, -0.2) is 36.8 Å². The number of ether oxygens (including phenoxy) is 2. The van der Waals surface area contributed by atoms with Gasteiger partial charge in [0.05, 0.1) is 0 Å². The molecule has 0 atom stereocenters. The molecule has 0 unspecified atom stereocenters. The average molecular weight is 207 g/mol. The summed E-state index contributed by atoms with van der Waals surface area (Å²) in [6, 6.07) is 0. The topological polar surface area (TPSA) is 18.5 Å². The first kappa shape index (κ1) is 13.3. The summed E-state index contributed by atoms with van der Waals surface area (Å²) in [6.45, 7) is 10.00. The summed E-state index contributed by atoms with van der Waals surface area (Å²) in [6.07, 6.45) is 0.0261. The predicted molar refractivity (Wildman–Crippen MR) is 60.4 cm³/mol. The van der Waals surface area contributed by atoms with Crippen LogP contribution < -0.4 is 0 Å². The molecule has 0 aromatic rings. The highest BCUT2D eigenvalue weighted by atomic mass is 32.2. The summed E-state index contributed by atoms with van der Waals surface area (Å²) < 4.78 is 11.0. The van der Waals surface area contributed by atoms with Gasteiger partial charge in [-0.1, -0.05) is 0 Å². The Morgan fingerprint density at radius 2 is 1.38 bits per heavy atom. The zero-order valence-electron chi connectivity index (χ0n) is 9.34. The molecule has 0 spiro atoms. The number of rotatable bonds is 8. The molecular weight excluding hydrogens is 184 g/mol.